The van der Waals surface area contributed by atoms with Crippen LogP contribution >= 0.6 is 12.6 Å². The molecule has 18 heavy (non-hydrogen) atoms. The van der Waals surface area contributed by atoms with Gasteiger partial charge in [-0.2, -0.15) is 12.6 Å². The topological polar surface area (TPSA) is 77.8 Å². The number of hydrogen-bond acceptors (Lipinski definition) is 4. The van der Waals surface area contributed by atoms with Crippen LogP contribution in [0.5, 0.6) is 0 Å². The molecule has 5 nitrogen and oxygen atoms in total. The van der Waals surface area contributed by atoms with Gasteiger partial charge in [-0.1, -0.05) is 6.92 Å². The molecule has 1 amide bonds. The Kier molecular flexibility index (Phi) is 5.95. The number of amides is 1. The van der Waals surface area contributed by atoms with Crippen LogP contribution in [0.4, 0.5) is 0 Å². The zero-order valence-electron chi connectivity index (χ0n) is 10.6. The van der Waals surface area contributed by atoms with Crippen molar-refractivity contribution in [2.75, 3.05) is 12.3 Å². The molecule has 0 spiro atoms. The minimum absolute atomic E-state index is 0.0701. The second-order valence-corrected chi connectivity index (χ2v) is 5.27. The van der Waals surface area contributed by atoms with Crippen LogP contribution in [0.15, 0.2) is 0 Å². The predicted octanol–water partition coefficient (Wildman–Crippen LogP) is 0.769. The summed E-state index contributed by atoms with van der Waals surface area (Å²) in [5.74, 6) is -1.03. The molecule has 1 aliphatic rings. The Morgan fingerprint density at radius 3 is 2.33 bits per heavy atom. The third kappa shape index (κ3) is 4.17. The lowest BCUT2D eigenvalue weighted by Crippen LogP contribution is -2.47. The molecule has 0 radical (unpaired) electrons. The number of hydrogen-bond donors (Lipinski definition) is 3. The summed E-state index contributed by atoms with van der Waals surface area (Å²) in [7, 11) is 0. The smallest absolute Gasteiger partial charge is 0.323 e. The average Bonchev–Trinajstić information content (AvgIpc) is 2.35. The van der Waals surface area contributed by atoms with E-state index in [0.717, 1.165) is 0 Å². The first-order valence-electron chi connectivity index (χ1n) is 6.27. The molecule has 6 heteroatoms. The molecule has 1 fully saturated rings. The van der Waals surface area contributed by atoms with Crippen molar-refractivity contribution in [3.63, 3.8) is 0 Å². The summed E-state index contributed by atoms with van der Waals surface area (Å²) in [6.45, 7) is 1.49. The molecule has 0 aromatic heterocycles. The van der Waals surface area contributed by atoms with Crippen molar-refractivity contribution in [2.45, 2.75) is 44.8 Å². The van der Waals surface area contributed by atoms with E-state index in [0.29, 0.717) is 31.4 Å². The number of aliphatic hydroxyl groups excluding tert-OH is 1. The summed E-state index contributed by atoms with van der Waals surface area (Å²) in [5.41, 5.74) is 0. The van der Waals surface area contributed by atoms with E-state index < -0.39 is 5.97 Å². The summed E-state index contributed by atoms with van der Waals surface area (Å²) in [5, 5.41) is 18.4. The Hall–Kier alpha value is -0.750. The van der Waals surface area contributed by atoms with Gasteiger partial charge in [-0.05, 0) is 25.7 Å². The number of rotatable bonds is 5. The molecule has 0 heterocycles. The van der Waals surface area contributed by atoms with E-state index in [1.54, 1.807) is 6.92 Å². The van der Waals surface area contributed by atoms with E-state index in [2.05, 4.69) is 12.6 Å². The number of nitrogens with zero attached hydrogens (tertiary/aromatic N) is 1. The first-order chi connectivity index (χ1) is 8.45. The molecule has 1 unspecified atom stereocenters. The lowest BCUT2D eigenvalue weighted by molar-refractivity contribution is -0.148. The van der Waals surface area contributed by atoms with Crippen LogP contribution in [0.25, 0.3) is 0 Å². The number of carbonyl (C=O) groups excluding carboxylic acids is 1. The van der Waals surface area contributed by atoms with Gasteiger partial charge < -0.3 is 15.1 Å². The quantitative estimate of drug-likeness (QED) is 0.648. The number of carbonyl (C=O) groups is 2. The van der Waals surface area contributed by atoms with E-state index in [4.69, 9.17) is 5.11 Å². The van der Waals surface area contributed by atoms with E-state index in [9.17, 15) is 14.7 Å². The third-order valence-corrected chi connectivity index (χ3v) is 3.94. The zero-order chi connectivity index (χ0) is 13.7. The van der Waals surface area contributed by atoms with Crippen LogP contribution in [-0.2, 0) is 9.59 Å². The summed E-state index contributed by atoms with van der Waals surface area (Å²) in [6.07, 6.45) is 2.27. The van der Waals surface area contributed by atoms with Gasteiger partial charge in [-0.25, -0.2) is 0 Å². The summed E-state index contributed by atoms with van der Waals surface area (Å²) in [4.78, 5) is 24.5. The number of carboxylic acids is 1. The van der Waals surface area contributed by atoms with Crippen LogP contribution < -0.4 is 0 Å². The zero-order valence-corrected chi connectivity index (χ0v) is 11.5. The van der Waals surface area contributed by atoms with Crippen molar-refractivity contribution >= 4 is 24.5 Å². The molecular formula is C12H21NO4S. The van der Waals surface area contributed by atoms with Crippen molar-refractivity contribution in [3.05, 3.63) is 0 Å². The molecule has 1 aliphatic carbocycles. The Balaban J connectivity index is 2.71. The highest BCUT2D eigenvalue weighted by Crippen LogP contribution is 2.24. The van der Waals surface area contributed by atoms with Crippen LogP contribution in [-0.4, -0.2) is 51.4 Å². The fourth-order valence-electron chi connectivity index (χ4n) is 2.26. The van der Waals surface area contributed by atoms with E-state index >= 15 is 0 Å². The van der Waals surface area contributed by atoms with Gasteiger partial charge in [-0.3, -0.25) is 9.59 Å². The summed E-state index contributed by atoms with van der Waals surface area (Å²) < 4.78 is 0. The van der Waals surface area contributed by atoms with Gasteiger partial charge in [0.05, 0.1) is 6.10 Å². The van der Waals surface area contributed by atoms with Crippen LogP contribution in [0.2, 0.25) is 0 Å². The molecule has 2 N–H and O–H groups in total. The van der Waals surface area contributed by atoms with E-state index in [1.807, 2.05) is 0 Å². The number of aliphatic carboxylic acids is 1. The minimum Gasteiger partial charge on any atom is -0.480 e. The molecule has 1 saturated carbocycles. The Morgan fingerprint density at radius 2 is 1.89 bits per heavy atom. The maximum absolute atomic E-state index is 12.1. The number of carboxylic acid groups (broad SMARTS) is 1. The highest BCUT2D eigenvalue weighted by atomic mass is 32.1. The first-order valence-corrected chi connectivity index (χ1v) is 6.90. The lowest BCUT2D eigenvalue weighted by atomic mass is 9.91. The first kappa shape index (κ1) is 15.3. The van der Waals surface area contributed by atoms with Gasteiger partial charge in [0.2, 0.25) is 5.91 Å². The van der Waals surface area contributed by atoms with Gasteiger partial charge in [-0.15, -0.1) is 0 Å². The predicted molar refractivity (Wildman–Crippen MR) is 70.6 cm³/mol. The van der Waals surface area contributed by atoms with E-state index in [1.165, 1.54) is 4.90 Å². The molecule has 1 atom stereocenters. The van der Waals surface area contributed by atoms with Gasteiger partial charge in [0, 0.05) is 17.7 Å². The molecule has 0 aliphatic heterocycles. The fourth-order valence-corrected chi connectivity index (χ4v) is 2.42. The van der Waals surface area contributed by atoms with Crippen molar-refractivity contribution in [1.29, 1.82) is 0 Å². The lowest BCUT2D eigenvalue weighted by Gasteiger charge is -2.36. The van der Waals surface area contributed by atoms with E-state index in [-0.39, 0.29) is 30.5 Å². The Bertz CT molecular complexity index is 302. The van der Waals surface area contributed by atoms with Crippen molar-refractivity contribution < 1.29 is 19.8 Å². The second-order valence-electron chi connectivity index (χ2n) is 4.91. The number of thiol groups is 1. The molecule has 0 aromatic rings. The third-order valence-electron chi connectivity index (χ3n) is 3.39. The maximum atomic E-state index is 12.1. The standard InChI is InChI=1S/C12H21NO4S/c1-8(7-18)12(17)13(6-11(15)16)9-2-4-10(14)5-3-9/h8-10,14,18H,2-7H2,1H3,(H,15,16). The van der Waals surface area contributed by atoms with Crippen LogP contribution in [0.1, 0.15) is 32.6 Å². The fraction of sp³-hybridized carbons (Fsp3) is 0.833. The molecule has 0 bridgehead atoms. The minimum atomic E-state index is -0.999. The number of aliphatic hydroxyl groups is 1. The SMILES string of the molecule is CC(CS)C(=O)N(CC(=O)O)C1CCC(O)CC1. The maximum Gasteiger partial charge on any atom is 0.323 e. The summed E-state index contributed by atoms with van der Waals surface area (Å²) >= 11 is 4.08. The Morgan fingerprint density at radius 1 is 1.33 bits per heavy atom. The normalized spacial score (nSPS) is 25.5. The van der Waals surface area contributed by atoms with Gasteiger partial charge in [0.25, 0.3) is 0 Å². The van der Waals surface area contributed by atoms with Gasteiger partial charge in [0.1, 0.15) is 6.54 Å². The second kappa shape index (κ2) is 6.99. The molecule has 0 saturated heterocycles. The van der Waals surface area contributed by atoms with Gasteiger partial charge >= 0.3 is 5.97 Å². The highest BCUT2D eigenvalue weighted by Gasteiger charge is 2.31. The van der Waals surface area contributed by atoms with Crippen LogP contribution in [0, 0.1) is 5.92 Å². The van der Waals surface area contributed by atoms with Crippen molar-refractivity contribution in [1.82, 2.24) is 4.90 Å². The Labute approximate surface area is 113 Å². The van der Waals surface area contributed by atoms with Crippen LogP contribution in [0.3, 0.4) is 0 Å². The van der Waals surface area contributed by atoms with Gasteiger partial charge in [0.15, 0.2) is 0 Å². The summed E-state index contributed by atoms with van der Waals surface area (Å²) in [6, 6.07) is -0.0701. The van der Waals surface area contributed by atoms with Crippen molar-refractivity contribution in [3.8, 4) is 0 Å². The van der Waals surface area contributed by atoms with Crippen molar-refractivity contribution in [2.24, 2.45) is 5.92 Å². The molecule has 1 rings (SSSR count). The largest absolute Gasteiger partial charge is 0.480 e. The molecule has 104 valence electrons. The highest BCUT2D eigenvalue weighted by molar-refractivity contribution is 7.80. The average molecular weight is 275 g/mol. The molecule has 0 aromatic carbocycles. The monoisotopic (exact) mass is 275 g/mol. The molecular weight excluding hydrogens is 254 g/mol.